The number of halogens is 2. The number of carbonyl (C=O) groups excluding carboxylic acids is 1. The molecular formula is C15H16BrFN2O. The van der Waals surface area contributed by atoms with Crippen molar-refractivity contribution in [3.05, 3.63) is 58.1 Å². The van der Waals surface area contributed by atoms with Crippen LogP contribution in [0.25, 0.3) is 0 Å². The molecule has 0 saturated carbocycles. The predicted octanol–water partition coefficient (Wildman–Crippen LogP) is 3.73. The predicted molar refractivity (Wildman–Crippen MR) is 80.0 cm³/mol. The molecule has 1 aromatic heterocycles. The maximum Gasteiger partial charge on any atom is 0.268 e. The van der Waals surface area contributed by atoms with Gasteiger partial charge in [0.05, 0.1) is 0 Å². The Hall–Kier alpha value is -1.62. The Morgan fingerprint density at radius 1 is 1.40 bits per heavy atom. The van der Waals surface area contributed by atoms with E-state index in [-0.39, 0.29) is 11.7 Å². The minimum atomic E-state index is -0.297. The summed E-state index contributed by atoms with van der Waals surface area (Å²) in [6.07, 6.45) is 2.84. The number of hydrogen-bond acceptors (Lipinski definition) is 1. The van der Waals surface area contributed by atoms with E-state index in [0.717, 1.165) is 23.0 Å². The van der Waals surface area contributed by atoms with Gasteiger partial charge in [0.1, 0.15) is 11.5 Å². The van der Waals surface area contributed by atoms with Crippen LogP contribution >= 0.6 is 15.9 Å². The van der Waals surface area contributed by atoms with Crippen molar-refractivity contribution in [2.45, 2.75) is 26.4 Å². The highest BCUT2D eigenvalue weighted by molar-refractivity contribution is 9.10. The lowest BCUT2D eigenvalue weighted by Crippen LogP contribution is -2.25. The molecule has 1 amide bonds. The molecule has 0 radical (unpaired) electrons. The summed E-state index contributed by atoms with van der Waals surface area (Å²) in [6.45, 7) is 3.15. The molecule has 1 aromatic carbocycles. The summed E-state index contributed by atoms with van der Waals surface area (Å²) >= 11 is 3.38. The van der Waals surface area contributed by atoms with Gasteiger partial charge < -0.3 is 9.88 Å². The van der Waals surface area contributed by atoms with Crippen molar-refractivity contribution in [1.82, 2.24) is 9.88 Å². The third-order valence-electron chi connectivity index (χ3n) is 2.90. The second-order valence-corrected chi connectivity index (χ2v) is 5.47. The quantitative estimate of drug-likeness (QED) is 0.885. The molecule has 0 unspecified atom stereocenters. The molecule has 20 heavy (non-hydrogen) atoms. The first kappa shape index (κ1) is 14.8. The molecule has 0 atom stereocenters. The number of aromatic nitrogens is 1. The first-order valence-corrected chi connectivity index (χ1v) is 7.27. The van der Waals surface area contributed by atoms with Gasteiger partial charge in [-0.05, 0) is 46.1 Å². The lowest BCUT2D eigenvalue weighted by atomic mass is 10.2. The van der Waals surface area contributed by atoms with E-state index in [0.29, 0.717) is 12.2 Å². The van der Waals surface area contributed by atoms with Gasteiger partial charge in [-0.15, -0.1) is 0 Å². The Morgan fingerprint density at radius 2 is 2.20 bits per heavy atom. The number of aryl methyl sites for hydroxylation is 1. The van der Waals surface area contributed by atoms with Gasteiger partial charge in [-0.3, -0.25) is 4.79 Å². The zero-order valence-electron chi connectivity index (χ0n) is 11.2. The largest absolute Gasteiger partial charge is 0.347 e. The summed E-state index contributed by atoms with van der Waals surface area (Å²) in [5.74, 6) is -0.456. The second kappa shape index (κ2) is 6.70. The van der Waals surface area contributed by atoms with Gasteiger partial charge in [-0.1, -0.05) is 19.1 Å². The van der Waals surface area contributed by atoms with Crippen LogP contribution in [-0.2, 0) is 13.1 Å². The molecule has 5 heteroatoms. The van der Waals surface area contributed by atoms with E-state index in [1.165, 1.54) is 12.1 Å². The Kier molecular flexibility index (Phi) is 4.95. The summed E-state index contributed by atoms with van der Waals surface area (Å²) < 4.78 is 15.8. The smallest absolute Gasteiger partial charge is 0.268 e. The molecule has 0 bridgehead atoms. The molecule has 0 spiro atoms. The van der Waals surface area contributed by atoms with E-state index < -0.39 is 0 Å². The van der Waals surface area contributed by atoms with Gasteiger partial charge in [-0.2, -0.15) is 0 Å². The van der Waals surface area contributed by atoms with E-state index in [4.69, 9.17) is 0 Å². The highest BCUT2D eigenvalue weighted by atomic mass is 79.9. The van der Waals surface area contributed by atoms with Crippen molar-refractivity contribution in [2.24, 2.45) is 0 Å². The molecule has 106 valence electrons. The molecule has 2 rings (SSSR count). The van der Waals surface area contributed by atoms with E-state index in [1.807, 2.05) is 10.8 Å². The summed E-state index contributed by atoms with van der Waals surface area (Å²) in [6, 6.07) is 8.00. The Bertz CT molecular complexity index is 610. The number of amides is 1. The molecule has 1 heterocycles. The van der Waals surface area contributed by atoms with Crippen molar-refractivity contribution < 1.29 is 9.18 Å². The van der Waals surface area contributed by atoms with Crippen LogP contribution in [0.1, 0.15) is 29.4 Å². The molecule has 0 fully saturated rings. The molecule has 0 aliphatic carbocycles. The van der Waals surface area contributed by atoms with Crippen LogP contribution in [0.2, 0.25) is 0 Å². The summed E-state index contributed by atoms with van der Waals surface area (Å²) in [5, 5.41) is 2.81. The zero-order valence-corrected chi connectivity index (χ0v) is 12.8. The average molecular weight is 339 g/mol. The molecule has 1 N–H and O–H groups in total. The molecule has 2 aromatic rings. The fourth-order valence-electron chi connectivity index (χ4n) is 2.01. The fraction of sp³-hybridized carbons (Fsp3) is 0.267. The van der Waals surface area contributed by atoms with Crippen molar-refractivity contribution >= 4 is 21.8 Å². The number of benzene rings is 1. The van der Waals surface area contributed by atoms with Gasteiger partial charge in [0.2, 0.25) is 0 Å². The van der Waals surface area contributed by atoms with Crippen LogP contribution in [-0.4, -0.2) is 10.5 Å². The van der Waals surface area contributed by atoms with Crippen LogP contribution in [0.4, 0.5) is 4.39 Å². The van der Waals surface area contributed by atoms with Crippen molar-refractivity contribution in [2.75, 3.05) is 0 Å². The van der Waals surface area contributed by atoms with E-state index in [2.05, 4.69) is 28.2 Å². The van der Waals surface area contributed by atoms with Gasteiger partial charge in [-0.25, -0.2) is 4.39 Å². The maximum absolute atomic E-state index is 13.1. The normalized spacial score (nSPS) is 10.6. The number of hydrogen-bond donors (Lipinski definition) is 1. The summed E-state index contributed by atoms with van der Waals surface area (Å²) in [4.78, 5) is 12.2. The highest BCUT2D eigenvalue weighted by Gasteiger charge is 2.12. The lowest BCUT2D eigenvalue weighted by molar-refractivity contribution is 0.0941. The average Bonchev–Trinajstić information content (AvgIpc) is 2.78. The Labute approximate surface area is 125 Å². The van der Waals surface area contributed by atoms with Crippen LogP contribution in [0.3, 0.4) is 0 Å². The van der Waals surface area contributed by atoms with Crippen LogP contribution in [0, 0.1) is 5.82 Å². The summed E-state index contributed by atoms with van der Waals surface area (Å²) in [5.41, 5.74) is 1.35. The first-order valence-electron chi connectivity index (χ1n) is 6.48. The Balaban J connectivity index is 2.05. The van der Waals surface area contributed by atoms with E-state index in [9.17, 15) is 9.18 Å². The van der Waals surface area contributed by atoms with Crippen LogP contribution in [0.15, 0.2) is 41.0 Å². The van der Waals surface area contributed by atoms with Gasteiger partial charge in [0, 0.05) is 23.8 Å². The number of rotatable bonds is 5. The molecular weight excluding hydrogens is 323 g/mol. The Morgan fingerprint density at radius 3 is 2.90 bits per heavy atom. The van der Waals surface area contributed by atoms with Crippen LogP contribution in [0.5, 0.6) is 0 Å². The highest BCUT2D eigenvalue weighted by Crippen LogP contribution is 2.15. The minimum Gasteiger partial charge on any atom is -0.347 e. The fourth-order valence-corrected chi connectivity index (χ4v) is 2.47. The molecule has 0 saturated heterocycles. The van der Waals surface area contributed by atoms with Crippen molar-refractivity contribution in [1.29, 1.82) is 0 Å². The van der Waals surface area contributed by atoms with Crippen molar-refractivity contribution in [3.63, 3.8) is 0 Å². The second-order valence-electron chi connectivity index (χ2n) is 4.55. The SMILES string of the molecule is CCCn1cc(Br)cc1C(=O)NCc1cccc(F)c1. The summed E-state index contributed by atoms with van der Waals surface area (Å²) in [7, 11) is 0. The number of nitrogens with one attached hydrogen (secondary N) is 1. The molecule has 0 aliphatic heterocycles. The number of carbonyl (C=O) groups is 1. The third-order valence-corrected chi connectivity index (χ3v) is 3.34. The first-order chi connectivity index (χ1) is 9.60. The molecule has 3 nitrogen and oxygen atoms in total. The van der Waals surface area contributed by atoms with Gasteiger partial charge in [0.15, 0.2) is 0 Å². The van der Waals surface area contributed by atoms with Crippen LogP contribution < -0.4 is 5.32 Å². The maximum atomic E-state index is 13.1. The number of nitrogens with zero attached hydrogens (tertiary/aromatic N) is 1. The monoisotopic (exact) mass is 338 g/mol. The molecule has 0 aliphatic rings. The zero-order chi connectivity index (χ0) is 14.5. The van der Waals surface area contributed by atoms with E-state index >= 15 is 0 Å². The topological polar surface area (TPSA) is 34.0 Å². The lowest BCUT2D eigenvalue weighted by Gasteiger charge is -2.08. The minimum absolute atomic E-state index is 0.159. The van der Waals surface area contributed by atoms with Gasteiger partial charge >= 0.3 is 0 Å². The standard InChI is InChI=1S/C15H16BrFN2O/c1-2-6-19-10-12(16)8-14(19)15(20)18-9-11-4-3-5-13(17)7-11/h3-5,7-8,10H,2,6,9H2,1H3,(H,18,20). The van der Waals surface area contributed by atoms with E-state index in [1.54, 1.807) is 18.2 Å². The van der Waals surface area contributed by atoms with Gasteiger partial charge in [0.25, 0.3) is 5.91 Å². The third kappa shape index (κ3) is 3.70. The van der Waals surface area contributed by atoms with Crippen molar-refractivity contribution in [3.8, 4) is 0 Å².